The van der Waals surface area contributed by atoms with Gasteiger partial charge in [0.05, 0.1) is 28.1 Å². The largest absolute Gasteiger partial charge is 1.00 e. The van der Waals surface area contributed by atoms with Gasteiger partial charge in [0.25, 0.3) is 0 Å². The van der Waals surface area contributed by atoms with Gasteiger partial charge in [-0.2, -0.15) is 4.57 Å². The molecule has 244 valence electrons. The maximum atomic E-state index is 11.1. The second kappa shape index (κ2) is 13.8. The van der Waals surface area contributed by atoms with E-state index in [1.54, 1.807) is 17.7 Å². The van der Waals surface area contributed by atoms with Crippen LogP contribution in [0.15, 0.2) is 67.3 Å². The van der Waals surface area contributed by atoms with Crippen LogP contribution < -0.4 is 35.9 Å². The molecule has 0 aliphatic carbocycles. The van der Waals surface area contributed by atoms with Crippen LogP contribution in [0.1, 0.15) is 11.1 Å². The number of pyridine rings is 1. The summed E-state index contributed by atoms with van der Waals surface area (Å²) in [6, 6.07) is 15.9. The molecule has 0 bridgehead atoms. The highest BCUT2D eigenvalue weighted by Gasteiger charge is 2.29. The van der Waals surface area contributed by atoms with Gasteiger partial charge in [0, 0.05) is 38.7 Å². The van der Waals surface area contributed by atoms with Crippen molar-refractivity contribution >= 4 is 39.8 Å². The van der Waals surface area contributed by atoms with Crippen molar-refractivity contribution in [2.24, 2.45) is 0 Å². The zero-order valence-corrected chi connectivity index (χ0v) is 27.6. The van der Waals surface area contributed by atoms with E-state index in [4.69, 9.17) is 42.1 Å². The number of rotatable bonds is 11. The van der Waals surface area contributed by atoms with Gasteiger partial charge in [-0.05, 0) is 62.8 Å². The lowest BCUT2D eigenvalue weighted by Crippen LogP contribution is -3.00. The van der Waals surface area contributed by atoms with Gasteiger partial charge in [0.1, 0.15) is 12.8 Å². The predicted molar refractivity (Wildman–Crippen MR) is 172 cm³/mol. The average molecular weight is 699 g/mol. The smallest absolute Gasteiger partial charge is 0.381 e. The van der Waals surface area contributed by atoms with Gasteiger partial charge in [-0.15, -0.1) is 0 Å². The molecule has 0 fully saturated rings. The van der Waals surface area contributed by atoms with Crippen LogP contribution in [0.2, 0.25) is 10.0 Å². The minimum absolute atomic E-state index is 0. The highest BCUT2D eigenvalue weighted by Crippen LogP contribution is 2.41. The van der Waals surface area contributed by atoms with Crippen molar-refractivity contribution in [2.45, 2.75) is 26.1 Å². The van der Waals surface area contributed by atoms with Crippen molar-refractivity contribution < 1.29 is 40.8 Å². The molecule has 0 spiro atoms. The molecule has 3 aromatic carbocycles. The molecular weight excluding hydrogens is 669 g/mol. The van der Waals surface area contributed by atoms with E-state index in [1.165, 1.54) is 18.1 Å². The molecule has 2 aliphatic rings. The minimum atomic E-state index is -0.501. The van der Waals surface area contributed by atoms with E-state index in [1.807, 2.05) is 24.3 Å². The van der Waals surface area contributed by atoms with Crippen LogP contribution in [0.4, 0.5) is 5.82 Å². The zero-order valence-electron chi connectivity index (χ0n) is 25.3. The van der Waals surface area contributed by atoms with E-state index in [0.717, 1.165) is 52.1 Å². The monoisotopic (exact) mass is 697 g/mol. The topological polar surface area (TPSA) is 105 Å². The molecule has 11 nitrogen and oxygen atoms in total. The van der Waals surface area contributed by atoms with Crippen molar-refractivity contribution in [3.8, 4) is 34.3 Å². The van der Waals surface area contributed by atoms with Crippen LogP contribution in [0.3, 0.4) is 0 Å². The molecule has 7 rings (SSSR count). The van der Waals surface area contributed by atoms with Crippen LogP contribution in [0.5, 0.6) is 23.0 Å². The lowest BCUT2D eigenvalue weighted by molar-refractivity contribution is -0.686. The number of halogens is 3. The molecule has 0 saturated carbocycles. The Balaban J connectivity index is 0.00000386. The Morgan fingerprint density at radius 2 is 1.91 bits per heavy atom. The Morgan fingerprint density at radius 3 is 2.68 bits per heavy atom. The first-order valence-corrected chi connectivity index (χ1v) is 15.5. The molecule has 2 aliphatic heterocycles. The minimum Gasteiger partial charge on any atom is -1.00 e. The Bertz CT molecular complexity index is 1970. The van der Waals surface area contributed by atoms with Crippen LogP contribution in [-0.2, 0) is 26.1 Å². The Morgan fingerprint density at radius 1 is 1.09 bits per heavy atom. The third kappa shape index (κ3) is 6.75. The van der Waals surface area contributed by atoms with Gasteiger partial charge in [-0.1, -0.05) is 29.3 Å². The summed E-state index contributed by atoms with van der Waals surface area (Å²) in [6.07, 6.45) is 5.91. The van der Waals surface area contributed by atoms with E-state index in [0.29, 0.717) is 54.3 Å². The van der Waals surface area contributed by atoms with E-state index >= 15 is 0 Å². The normalized spacial score (nSPS) is 12.9. The molecule has 47 heavy (non-hydrogen) atoms. The molecule has 14 heteroatoms. The molecule has 0 atom stereocenters. The van der Waals surface area contributed by atoms with Crippen LogP contribution in [-0.4, -0.2) is 53.0 Å². The Kier molecular flexibility index (Phi) is 9.60. The van der Waals surface area contributed by atoms with Crippen molar-refractivity contribution in [3.63, 3.8) is 0 Å². The summed E-state index contributed by atoms with van der Waals surface area (Å²) in [4.78, 5) is 16.7. The number of ether oxygens (including phenoxy) is 4. The first kappa shape index (κ1) is 32.6. The highest BCUT2D eigenvalue weighted by molar-refractivity contribution is 6.42. The summed E-state index contributed by atoms with van der Waals surface area (Å²) in [7, 11) is 1.64. The summed E-state index contributed by atoms with van der Waals surface area (Å²) < 4.78 is 27.5. The first-order chi connectivity index (χ1) is 22.4. The van der Waals surface area contributed by atoms with E-state index in [9.17, 15) is 10.1 Å². The summed E-state index contributed by atoms with van der Waals surface area (Å²) in [6.45, 7) is 3.66. The van der Waals surface area contributed by atoms with Crippen molar-refractivity contribution in [1.82, 2.24) is 14.5 Å². The molecule has 0 N–H and O–H groups in total. The maximum Gasteiger partial charge on any atom is 0.381 e. The summed E-state index contributed by atoms with van der Waals surface area (Å²) in [5.74, 6) is 2.70. The van der Waals surface area contributed by atoms with Gasteiger partial charge in [-0.25, -0.2) is 0 Å². The summed E-state index contributed by atoms with van der Waals surface area (Å²) in [5, 5.41) is 14.1. The molecule has 5 aromatic rings. The quantitative estimate of drug-likeness (QED) is 0.118. The van der Waals surface area contributed by atoms with Crippen molar-refractivity contribution in [2.75, 3.05) is 33.6 Å². The number of hydrogen-bond acceptors (Lipinski definition) is 8. The van der Waals surface area contributed by atoms with Gasteiger partial charge in [0.15, 0.2) is 35.7 Å². The van der Waals surface area contributed by atoms with Gasteiger partial charge >= 0.3 is 5.82 Å². The van der Waals surface area contributed by atoms with Gasteiger partial charge < -0.3 is 46.0 Å². The van der Waals surface area contributed by atoms with Crippen LogP contribution in [0.25, 0.3) is 22.0 Å². The lowest BCUT2D eigenvalue weighted by atomic mass is 9.95. The molecule has 0 saturated heterocycles. The fourth-order valence-corrected chi connectivity index (χ4v) is 6.29. The fraction of sp³-hybridized carbons (Fsp3) is 0.273. The molecule has 0 radical (unpaired) electrons. The van der Waals surface area contributed by atoms with Gasteiger partial charge in [0.2, 0.25) is 18.8 Å². The number of fused-ring (bicyclic) bond motifs is 5. The summed E-state index contributed by atoms with van der Waals surface area (Å²) >= 11 is 12.5. The number of nitro groups is 1. The maximum absolute atomic E-state index is 11.1. The molecule has 0 amide bonds. The number of benzene rings is 3. The van der Waals surface area contributed by atoms with E-state index in [-0.39, 0.29) is 25.0 Å². The van der Waals surface area contributed by atoms with E-state index in [2.05, 4.69) is 38.8 Å². The van der Waals surface area contributed by atoms with E-state index < -0.39 is 4.92 Å². The zero-order chi connectivity index (χ0) is 31.8. The Labute approximate surface area is 286 Å². The van der Waals surface area contributed by atoms with Crippen molar-refractivity contribution in [3.05, 3.63) is 98.5 Å². The SMILES string of the molecule is COc1ccc2cc3[n+](cc2c1OCCN(CCn1cnc([N+](=O)[O-])c1)Cc1ccc(Cl)c(Cl)c1)CCc1cc2c(cc1-3)OCO2.[Cl-]. The Hall–Kier alpha value is -4.29. The first-order valence-electron chi connectivity index (χ1n) is 14.8. The lowest BCUT2D eigenvalue weighted by Gasteiger charge is -2.23. The molecular formula is C33H30Cl3N5O6. The predicted octanol–water partition coefficient (Wildman–Crippen LogP) is 3.08. The average Bonchev–Trinajstić information content (AvgIpc) is 3.73. The second-order valence-electron chi connectivity index (χ2n) is 11.2. The number of aromatic nitrogens is 3. The van der Waals surface area contributed by atoms with Gasteiger partial charge in [-0.3, -0.25) is 4.90 Å². The van der Waals surface area contributed by atoms with Crippen LogP contribution in [0, 0.1) is 10.1 Å². The van der Waals surface area contributed by atoms with Crippen molar-refractivity contribution in [1.29, 1.82) is 0 Å². The number of hydrogen-bond donors (Lipinski definition) is 0. The third-order valence-electron chi connectivity index (χ3n) is 8.32. The fourth-order valence-electron chi connectivity index (χ4n) is 5.97. The summed E-state index contributed by atoms with van der Waals surface area (Å²) in [5.41, 5.74) is 4.47. The molecule has 2 aromatic heterocycles. The standard InChI is InChI=1S/C33H30Cl2N5O6.ClH/c1-43-29-5-3-22-13-28-24-15-31-30(45-20-46-31)14-23(24)6-7-39(28)17-25(22)33(29)44-11-10-37(16-21-2-4-26(34)27(35)12-21)8-9-38-18-32(36-19-38)40(41)42;/h2-5,12-15,17-19H,6-11,16,20H2,1H3;1H/q+1;/p-1. The third-order valence-corrected chi connectivity index (χ3v) is 9.06. The second-order valence-corrected chi connectivity index (χ2v) is 12.0. The van der Waals surface area contributed by atoms with Crippen LogP contribution >= 0.6 is 23.2 Å². The number of aryl methyl sites for hydroxylation is 2. The number of nitrogens with zero attached hydrogens (tertiary/aromatic N) is 5. The highest BCUT2D eigenvalue weighted by atomic mass is 35.5. The number of methoxy groups -OCH3 is 1. The molecule has 4 heterocycles. The molecule has 0 unspecified atom stereocenters. The number of imidazole rings is 1.